The summed E-state index contributed by atoms with van der Waals surface area (Å²) in [5.41, 5.74) is -0.603. The van der Waals surface area contributed by atoms with E-state index in [1.165, 1.54) is 6.20 Å². The molecule has 15 heavy (non-hydrogen) atoms. The number of carbonyl (C=O) groups is 1. The molecule has 78 valence electrons. The van der Waals surface area contributed by atoms with E-state index in [0.717, 1.165) is 16.6 Å². The summed E-state index contributed by atoms with van der Waals surface area (Å²) < 4.78 is 25.8. The number of alkyl halides is 2. The molecule has 2 heterocycles. The van der Waals surface area contributed by atoms with Gasteiger partial charge in [-0.1, -0.05) is 0 Å². The fourth-order valence-corrected chi connectivity index (χ4v) is 1.18. The first-order valence-electron chi connectivity index (χ1n) is 3.95. The van der Waals surface area contributed by atoms with Gasteiger partial charge in [0.15, 0.2) is 11.3 Å². The molecule has 0 aliphatic heterocycles. The van der Waals surface area contributed by atoms with Crippen LogP contribution in [-0.4, -0.2) is 25.7 Å². The van der Waals surface area contributed by atoms with Crippen molar-refractivity contribution in [3.63, 3.8) is 0 Å². The first kappa shape index (κ1) is 9.50. The molecule has 0 amide bonds. The second kappa shape index (κ2) is 3.26. The summed E-state index contributed by atoms with van der Waals surface area (Å²) in [7, 11) is 0. The van der Waals surface area contributed by atoms with Crippen LogP contribution in [0.15, 0.2) is 18.3 Å². The Labute approximate surface area is 82.0 Å². The highest BCUT2D eigenvalue weighted by Crippen LogP contribution is 2.18. The van der Waals surface area contributed by atoms with E-state index in [1.807, 2.05) is 0 Å². The molecule has 0 bridgehead atoms. The number of hydrogen-bond acceptors (Lipinski definition) is 3. The number of aromatic carboxylic acids is 1. The first-order chi connectivity index (χ1) is 7.09. The van der Waals surface area contributed by atoms with E-state index in [9.17, 15) is 13.6 Å². The molecule has 0 atom stereocenters. The van der Waals surface area contributed by atoms with Gasteiger partial charge in [0.25, 0.3) is 6.43 Å². The van der Waals surface area contributed by atoms with Crippen LogP contribution < -0.4 is 0 Å². The number of aromatic nitrogens is 3. The van der Waals surface area contributed by atoms with Crippen LogP contribution in [0.4, 0.5) is 8.78 Å². The standard InChI is InChI=1S/C8H5F2N3O2/c9-7(10)5-1-2-11-6-3-4(8(14)15)12-13(5)6/h1-3,7H,(H,14,15). The van der Waals surface area contributed by atoms with Gasteiger partial charge >= 0.3 is 5.97 Å². The molecule has 0 radical (unpaired) electrons. The van der Waals surface area contributed by atoms with Crippen molar-refractivity contribution in [2.75, 3.05) is 0 Å². The lowest BCUT2D eigenvalue weighted by molar-refractivity contribution is 0.0689. The van der Waals surface area contributed by atoms with Gasteiger partial charge in [0.1, 0.15) is 5.69 Å². The van der Waals surface area contributed by atoms with E-state index < -0.39 is 12.4 Å². The van der Waals surface area contributed by atoms with Crippen LogP contribution in [0.25, 0.3) is 5.65 Å². The van der Waals surface area contributed by atoms with Crippen LogP contribution in [0.2, 0.25) is 0 Å². The van der Waals surface area contributed by atoms with Gasteiger partial charge in [-0.05, 0) is 6.07 Å². The van der Waals surface area contributed by atoms with Gasteiger partial charge in [0, 0.05) is 12.3 Å². The highest BCUT2D eigenvalue weighted by Gasteiger charge is 2.16. The van der Waals surface area contributed by atoms with Crippen molar-refractivity contribution < 1.29 is 18.7 Å². The van der Waals surface area contributed by atoms with Gasteiger partial charge in [-0.2, -0.15) is 5.10 Å². The summed E-state index contributed by atoms with van der Waals surface area (Å²) in [6.45, 7) is 0. The minimum atomic E-state index is -2.72. The average Bonchev–Trinajstić information content (AvgIpc) is 2.60. The molecule has 5 nitrogen and oxygen atoms in total. The molecule has 0 fully saturated rings. The van der Waals surface area contributed by atoms with E-state index in [4.69, 9.17) is 5.11 Å². The summed E-state index contributed by atoms with van der Waals surface area (Å²) in [5, 5.41) is 12.1. The van der Waals surface area contributed by atoms with Gasteiger partial charge in [0.05, 0.1) is 0 Å². The fourth-order valence-electron chi connectivity index (χ4n) is 1.18. The van der Waals surface area contributed by atoms with Crippen molar-refractivity contribution in [3.8, 4) is 0 Å². The number of carboxylic acids is 1. The maximum absolute atomic E-state index is 12.5. The molecule has 2 aromatic heterocycles. The maximum Gasteiger partial charge on any atom is 0.356 e. The first-order valence-corrected chi connectivity index (χ1v) is 3.95. The second-order valence-corrected chi connectivity index (χ2v) is 2.78. The average molecular weight is 213 g/mol. The Kier molecular flexibility index (Phi) is 2.07. The number of hydrogen-bond donors (Lipinski definition) is 1. The Morgan fingerprint density at radius 3 is 2.87 bits per heavy atom. The van der Waals surface area contributed by atoms with E-state index in [0.29, 0.717) is 0 Å². The van der Waals surface area contributed by atoms with Gasteiger partial charge in [-0.3, -0.25) is 0 Å². The lowest BCUT2D eigenvalue weighted by Gasteiger charge is -2.00. The molecule has 0 spiro atoms. The summed E-state index contributed by atoms with van der Waals surface area (Å²) in [6.07, 6.45) is -1.54. The predicted octanol–water partition coefficient (Wildman–Crippen LogP) is 1.37. The molecule has 2 aromatic rings. The number of nitrogens with zero attached hydrogens (tertiary/aromatic N) is 3. The maximum atomic E-state index is 12.5. The van der Waals surface area contributed by atoms with Crippen LogP contribution in [-0.2, 0) is 0 Å². The van der Waals surface area contributed by atoms with Gasteiger partial charge in [0.2, 0.25) is 0 Å². The fraction of sp³-hybridized carbons (Fsp3) is 0.125. The summed E-state index contributed by atoms with van der Waals surface area (Å²) in [6, 6.07) is 2.23. The second-order valence-electron chi connectivity index (χ2n) is 2.78. The minimum absolute atomic E-state index is 0.0881. The van der Waals surface area contributed by atoms with E-state index in [2.05, 4.69) is 10.1 Å². The molecule has 0 aromatic carbocycles. The van der Waals surface area contributed by atoms with Crippen LogP contribution >= 0.6 is 0 Å². The summed E-state index contributed by atoms with van der Waals surface area (Å²) in [4.78, 5) is 14.3. The van der Waals surface area contributed by atoms with Crippen molar-refractivity contribution in [1.82, 2.24) is 14.6 Å². The van der Waals surface area contributed by atoms with E-state index >= 15 is 0 Å². The minimum Gasteiger partial charge on any atom is -0.476 e. The number of halogens is 2. The van der Waals surface area contributed by atoms with Crippen molar-refractivity contribution in [1.29, 1.82) is 0 Å². The smallest absolute Gasteiger partial charge is 0.356 e. The molecule has 1 N–H and O–H groups in total. The largest absolute Gasteiger partial charge is 0.476 e. The van der Waals surface area contributed by atoms with Crippen molar-refractivity contribution in [3.05, 3.63) is 29.7 Å². The van der Waals surface area contributed by atoms with Crippen LogP contribution in [0.5, 0.6) is 0 Å². The Morgan fingerprint density at radius 1 is 1.53 bits per heavy atom. The third-order valence-corrected chi connectivity index (χ3v) is 1.83. The lowest BCUT2D eigenvalue weighted by atomic mass is 10.4. The Balaban J connectivity index is 2.69. The molecule has 2 rings (SSSR count). The van der Waals surface area contributed by atoms with E-state index in [-0.39, 0.29) is 17.0 Å². The highest BCUT2D eigenvalue weighted by atomic mass is 19.3. The molecule has 0 saturated heterocycles. The number of carboxylic acid groups (broad SMARTS) is 1. The zero-order chi connectivity index (χ0) is 11.0. The normalized spacial score (nSPS) is 11.1. The van der Waals surface area contributed by atoms with Gasteiger partial charge in [-0.15, -0.1) is 0 Å². The third kappa shape index (κ3) is 1.51. The SMILES string of the molecule is O=C(O)c1cc2nccc(C(F)F)n2n1. The zero-order valence-corrected chi connectivity index (χ0v) is 7.26. The molecule has 7 heteroatoms. The van der Waals surface area contributed by atoms with Gasteiger partial charge < -0.3 is 5.11 Å². The van der Waals surface area contributed by atoms with Crippen molar-refractivity contribution >= 4 is 11.6 Å². The van der Waals surface area contributed by atoms with Gasteiger partial charge in [-0.25, -0.2) is 23.1 Å². The molecule has 0 saturated carbocycles. The third-order valence-electron chi connectivity index (χ3n) is 1.83. The Morgan fingerprint density at radius 2 is 2.27 bits per heavy atom. The van der Waals surface area contributed by atoms with Crippen LogP contribution in [0, 0.1) is 0 Å². The Bertz CT molecular complexity index is 524. The molecule has 0 aliphatic carbocycles. The van der Waals surface area contributed by atoms with Crippen molar-refractivity contribution in [2.45, 2.75) is 6.43 Å². The lowest BCUT2D eigenvalue weighted by Crippen LogP contribution is -2.02. The molecule has 0 unspecified atom stereocenters. The quantitative estimate of drug-likeness (QED) is 0.817. The molecular formula is C8H5F2N3O2. The molecular weight excluding hydrogens is 208 g/mol. The van der Waals surface area contributed by atoms with E-state index in [1.54, 1.807) is 0 Å². The summed E-state index contributed by atoms with van der Waals surface area (Å²) >= 11 is 0. The molecule has 0 aliphatic rings. The number of fused-ring (bicyclic) bond motifs is 1. The zero-order valence-electron chi connectivity index (χ0n) is 7.26. The van der Waals surface area contributed by atoms with Crippen molar-refractivity contribution in [2.24, 2.45) is 0 Å². The Hall–Kier alpha value is -2.05. The monoisotopic (exact) mass is 213 g/mol. The highest BCUT2D eigenvalue weighted by molar-refractivity contribution is 5.86. The van der Waals surface area contributed by atoms with Crippen LogP contribution in [0.3, 0.4) is 0 Å². The predicted molar refractivity (Wildman–Crippen MR) is 44.9 cm³/mol. The topological polar surface area (TPSA) is 67.5 Å². The summed E-state index contributed by atoms with van der Waals surface area (Å²) in [5.74, 6) is -1.28. The van der Waals surface area contributed by atoms with Crippen LogP contribution in [0.1, 0.15) is 22.6 Å². The number of rotatable bonds is 2.